The van der Waals surface area contributed by atoms with Crippen molar-refractivity contribution in [3.8, 4) is 6.07 Å². The van der Waals surface area contributed by atoms with E-state index in [4.69, 9.17) is 16.0 Å². The molecule has 0 radical (unpaired) electrons. The first-order chi connectivity index (χ1) is 7.27. The lowest BCUT2D eigenvalue weighted by Gasteiger charge is -2.30. The molecule has 0 unspecified atom stereocenters. The molecule has 1 aromatic rings. The minimum absolute atomic E-state index is 0.664. The molecule has 1 atom stereocenters. The van der Waals surface area contributed by atoms with Crippen LogP contribution in [0.1, 0.15) is 12.5 Å². The number of benzene rings is 1. The Hall–Kier alpha value is -0.823. The van der Waals surface area contributed by atoms with Gasteiger partial charge in [-0.2, -0.15) is 5.26 Å². The van der Waals surface area contributed by atoms with Crippen LogP contribution in [-0.4, -0.2) is 8.32 Å². The Morgan fingerprint density at radius 2 is 1.75 bits per heavy atom. The zero-order chi connectivity index (χ0) is 12.4. The summed E-state index contributed by atoms with van der Waals surface area (Å²) in [6.45, 7) is 8.00. The molecule has 0 saturated heterocycles. The van der Waals surface area contributed by atoms with Crippen LogP contribution in [0.4, 0.5) is 0 Å². The van der Waals surface area contributed by atoms with Crippen LogP contribution in [-0.2, 0) is 10.0 Å². The Labute approximate surface area is 103 Å². The van der Waals surface area contributed by atoms with E-state index in [0.29, 0.717) is 5.02 Å². The van der Waals surface area contributed by atoms with Crippen LogP contribution in [0.15, 0.2) is 24.3 Å². The molecule has 0 spiro atoms. The van der Waals surface area contributed by atoms with Crippen LogP contribution in [0, 0.1) is 11.3 Å². The Balaban J connectivity index is 3.06. The Bertz CT molecular complexity index is 405. The Morgan fingerprint density at radius 3 is 2.12 bits per heavy atom. The number of halogens is 1. The third-order valence-electron chi connectivity index (χ3n) is 2.12. The van der Waals surface area contributed by atoms with Gasteiger partial charge in [0, 0.05) is 5.02 Å². The largest absolute Gasteiger partial charge is 0.397 e. The molecule has 0 aliphatic heterocycles. The third-order valence-corrected chi connectivity index (χ3v) is 3.39. The monoisotopic (exact) mass is 253 g/mol. The van der Waals surface area contributed by atoms with Crippen LogP contribution in [0.3, 0.4) is 0 Å². The van der Waals surface area contributed by atoms with Crippen LogP contribution in [0.2, 0.25) is 24.7 Å². The molecular weight excluding hydrogens is 238 g/mol. The summed E-state index contributed by atoms with van der Waals surface area (Å²) in [5.41, 5.74) is -0.0310. The van der Waals surface area contributed by atoms with Crippen molar-refractivity contribution in [1.29, 1.82) is 5.26 Å². The number of nitriles is 1. The molecule has 2 nitrogen and oxygen atoms in total. The van der Waals surface area contributed by atoms with Gasteiger partial charge in [-0.05, 0) is 44.3 Å². The van der Waals surface area contributed by atoms with Gasteiger partial charge in [-0.25, -0.2) is 0 Å². The minimum atomic E-state index is -1.77. The SMILES string of the molecule is C[C@](C#N)(O[Si](C)(C)C)c1ccc(Cl)cc1. The highest BCUT2D eigenvalue weighted by Crippen LogP contribution is 2.29. The molecule has 0 aliphatic carbocycles. The Kier molecular flexibility index (Phi) is 3.79. The summed E-state index contributed by atoms with van der Waals surface area (Å²) in [6.07, 6.45) is 0. The highest BCUT2D eigenvalue weighted by atomic mass is 35.5. The van der Waals surface area contributed by atoms with E-state index in [1.165, 1.54) is 0 Å². The summed E-state index contributed by atoms with van der Waals surface area (Å²) in [5.74, 6) is 0. The van der Waals surface area contributed by atoms with Gasteiger partial charge in [0.15, 0.2) is 13.9 Å². The third kappa shape index (κ3) is 3.34. The maximum Gasteiger partial charge on any atom is 0.186 e. The summed E-state index contributed by atoms with van der Waals surface area (Å²) >= 11 is 5.82. The van der Waals surface area contributed by atoms with Gasteiger partial charge in [0.25, 0.3) is 0 Å². The molecule has 0 aromatic heterocycles. The van der Waals surface area contributed by atoms with Gasteiger partial charge in [-0.1, -0.05) is 23.7 Å². The zero-order valence-corrected chi connectivity index (χ0v) is 11.8. The summed E-state index contributed by atoms with van der Waals surface area (Å²) in [5, 5.41) is 9.95. The van der Waals surface area contributed by atoms with Gasteiger partial charge in [0.05, 0.1) is 0 Å². The molecule has 0 heterocycles. The number of hydrogen-bond acceptors (Lipinski definition) is 2. The molecule has 0 saturated carbocycles. The standard InChI is InChI=1S/C12H16ClNOSi/c1-12(9-14,15-16(2,3)4)10-5-7-11(13)8-6-10/h5-8H,1-4H3/t12-/m1/s1. The van der Waals surface area contributed by atoms with Crippen molar-refractivity contribution in [2.75, 3.05) is 0 Å². The fourth-order valence-corrected chi connectivity index (χ4v) is 3.04. The lowest BCUT2D eigenvalue weighted by atomic mass is 9.98. The lowest BCUT2D eigenvalue weighted by Crippen LogP contribution is -2.37. The second-order valence-corrected chi connectivity index (χ2v) is 9.73. The van der Waals surface area contributed by atoms with E-state index in [2.05, 4.69) is 25.7 Å². The van der Waals surface area contributed by atoms with Crippen molar-refractivity contribution in [1.82, 2.24) is 0 Å². The molecule has 0 N–H and O–H groups in total. The van der Waals surface area contributed by atoms with Crippen molar-refractivity contribution in [2.45, 2.75) is 32.2 Å². The summed E-state index contributed by atoms with van der Waals surface area (Å²) in [7, 11) is -1.77. The average Bonchev–Trinajstić information content (AvgIpc) is 2.16. The zero-order valence-electron chi connectivity index (χ0n) is 10.0. The maximum atomic E-state index is 9.29. The number of nitrogens with zero attached hydrogens (tertiary/aromatic N) is 1. The van der Waals surface area contributed by atoms with Crippen molar-refractivity contribution >= 4 is 19.9 Å². The maximum absolute atomic E-state index is 9.29. The van der Waals surface area contributed by atoms with E-state index < -0.39 is 13.9 Å². The predicted octanol–water partition coefficient (Wildman–Crippen LogP) is 3.93. The van der Waals surface area contributed by atoms with E-state index >= 15 is 0 Å². The molecule has 0 bridgehead atoms. The van der Waals surface area contributed by atoms with Gasteiger partial charge in [-0.3, -0.25) is 0 Å². The van der Waals surface area contributed by atoms with E-state index in [0.717, 1.165) is 5.56 Å². The predicted molar refractivity (Wildman–Crippen MR) is 68.8 cm³/mol. The fraction of sp³-hybridized carbons (Fsp3) is 0.417. The quantitative estimate of drug-likeness (QED) is 0.765. The molecule has 86 valence electrons. The summed E-state index contributed by atoms with van der Waals surface area (Å²) in [6, 6.07) is 9.47. The van der Waals surface area contributed by atoms with Crippen LogP contribution < -0.4 is 0 Å². The van der Waals surface area contributed by atoms with E-state index in [9.17, 15) is 5.26 Å². The van der Waals surface area contributed by atoms with E-state index in [1.54, 1.807) is 19.1 Å². The molecule has 0 fully saturated rings. The molecule has 1 rings (SSSR count). The summed E-state index contributed by atoms with van der Waals surface area (Å²) < 4.78 is 5.94. The van der Waals surface area contributed by atoms with Gasteiger partial charge in [-0.15, -0.1) is 0 Å². The van der Waals surface area contributed by atoms with Gasteiger partial charge in [0.2, 0.25) is 0 Å². The topological polar surface area (TPSA) is 33.0 Å². The van der Waals surface area contributed by atoms with Crippen molar-refractivity contribution < 1.29 is 4.43 Å². The first-order valence-electron chi connectivity index (χ1n) is 5.14. The number of hydrogen-bond donors (Lipinski definition) is 0. The number of rotatable bonds is 3. The van der Waals surface area contributed by atoms with Crippen LogP contribution in [0.25, 0.3) is 0 Å². The van der Waals surface area contributed by atoms with Gasteiger partial charge in [0.1, 0.15) is 6.07 Å². The van der Waals surface area contributed by atoms with Crippen LogP contribution in [0.5, 0.6) is 0 Å². The Morgan fingerprint density at radius 1 is 1.25 bits per heavy atom. The minimum Gasteiger partial charge on any atom is -0.397 e. The van der Waals surface area contributed by atoms with Gasteiger partial charge >= 0.3 is 0 Å². The van der Waals surface area contributed by atoms with Crippen molar-refractivity contribution in [2.24, 2.45) is 0 Å². The highest BCUT2D eigenvalue weighted by Gasteiger charge is 2.33. The average molecular weight is 254 g/mol. The molecule has 4 heteroatoms. The smallest absolute Gasteiger partial charge is 0.186 e. The summed E-state index contributed by atoms with van der Waals surface area (Å²) in [4.78, 5) is 0. The molecule has 0 aliphatic rings. The van der Waals surface area contributed by atoms with Crippen molar-refractivity contribution in [3.05, 3.63) is 34.9 Å². The highest BCUT2D eigenvalue weighted by molar-refractivity contribution is 6.69. The van der Waals surface area contributed by atoms with Crippen LogP contribution >= 0.6 is 11.6 Å². The molecule has 1 aromatic carbocycles. The molecular formula is C12H16ClNOSi. The normalized spacial score (nSPS) is 15.2. The molecule has 0 amide bonds. The van der Waals surface area contributed by atoms with Gasteiger partial charge < -0.3 is 4.43 Å². The van der Waals surface area contributed by atoms with E-state index in [-0.39, 0.29) is 0 Å². The first-order valence-corrected chi connectivity index (χ1v) is 8.93. The second-order valence-electron chi connectivity index (χ2n) is 4.87. The lowest BCUT2D eigenvalue weighted by molar-refractivity contribution is 0.141. The fourth-order valence-electron chi connectivity index (χ4n) is 1.53. The first kappa shape index (κ1) is 13.2. The second kappa shape index (κ2) is 4.58. The van der Waals surface area contributed by atoms with E-state index in [1.807, 2.05) is 12.1 Å². The molecule has 16 heavy (non-hydrogen) atoms. The van der Waals surface area contributed by atoms with Crippen molar-refractivity contribution in [3.63, 3.8) is 0 Å².